The summed E-state index contributed by atoms with van der Waals surface area (Å²) in [5, 5.41) is 9.07. The number of hydrogen-bond donors (Lipinski definition) is 2. The molecule has 0 spiro atoms. The molecular weight excluding hydrogens is 242 g/mol. The first kappa shape index (κ1) is 11.8. The van der Waals surface area contributed by atoms with Gasteiger partial charge in [-0.2, -0.15) is 0 Å². The van der Waals surface area contributed by atoms with E-state index in [0.29, 0.717) is 25.1 Å². The Balaban J connectivity index is 1.96. The van der Waals surface area contributed by atoms with Crippen LogP contribution in [0.3, 0.4) is 0 Å². The molecular formula is C14H15N3O2. The molecule has 19 heavy (non-hydrogen) atoms. The van der Waals surface area contributed by atoms with Crippen LogP contribution in [0.2, 0.25) is 0 Å². The molecule has 5 heteroatoms. The van der Waals surface area contributed by atoms with Crippen molar-refractivity contribution >= 4 is 11.7 Å². The van der Waals surface area contributed by atoms with Crippen molar-refractivity contribution in [3.05, 3.63) is 36.3 Å². The average molecular weight is 257 g/mol. The maximum absolute atomic E-state index is 11.0. The average Bonchev–Trinajstić information content (AvgIpc) is 2.81. The molecule has 1 unspecified atom stereocenters. The molecule has 3 N–H and O–H groups in total. The van der Waals surface area contributed by atoms with Gasteiger partial charge in [-0.1, -0.05) is 18.2 Å². The number of anilines is 1. The van der Waals surface area contributed by atoms with Gasteiger partial charge in [0.05, 0.1) is 11.6 Å². The lowest BCUT2D eigenvalue weighted by molar-refractivity contribution is -0.142. The van der Waals surface area contributed by atoms with Crippen LogP contribution in [0.25, 0.3) is 11.3 Å². The monoisotopic (exact) mass is 257 g/mol. The molecule has 0 aliphatic carbocycles. The number of aryl methyl sites for hydroxylation is 1. The first-order valence-electron chi connectivity index (χ1n) is 6.29. The SMILES string of the molecule is Nc1ccccc1-c1cn2c(n1)CC(C(=O)O)CC2. The summed E-state index contributed by atoms with van der Waals surface area (Å²) >= 11 is 0. The number of fused-ring (bicyclic) bond motifs is 1. The second kappa shape index (κ2) is 4.42. The standard InChI is InChI=1S/C14H15N3O2/c15-11-4-2-1-3-10(11)12-8-17-6-5-9(14(18)19)7-13(17)16-12/h1-4,8-9H,5-7,15H2,(H,18,19). The molecule has 0 saturated heterocycles. The Labute approximate surface area is 110 Å². The Kier molecular flexibility index (Phi) is 2.74. The van der Waals surface area contributed by atoms with Crippen molar-refractivity contribution in [1.29, 1.82) is 0 Å². The van der Waals surface area contributed by atoms with Gasteiger partial charge in [0.1, 0.15) is 5.82 Å². The van der Waals surface area contributed by atoms with Gasteiger partial charge in [0, 0.05) is 30.4 Å². The third-order valence-electron chi connectivity index (χ3n) is 3.59. The number of carboxylic acids is 1. The Morgan fingerprint density at radius 3 is 2.95 bits per heavy atom. The minimum atomic E-state index is -0.741. The number of benzene rings is 1. The quantitative estimate of drug-likeness (QED) is 0.803. The van der Waals surface area contributed by atoms with Gasteiger partial charge in [0.2, 0.25) is 0 Å². The molecule has 1 aromatic carbocycles. The first-order chi connectivity index (χ1) is 9.15. The fraction of sp³-hybridized carbons (Fsp3) is 0.286. The fourth-order valence-corrected chi connectivity index (χ4v) is 2.50. The smallest absolute Gasteiger partial charge is 0.307 e. The van der Waals surface area contributed by atoms with E-state index in [4.69, 9.17) is 10.8 Å². The number of aromatic nitrogens is 2. The number of carboxylic acid groups (broad SMARTS) is 1. The summed E-state index contributed by atoms with van der Waals surface area (Å²) in [5.74, 6) is -0.234. The number of aliphatic carboxylic acids is 1. The first-order valence-corrected chi connectivity index (χ1v) is 6.29. The highest BCUT2D eigenvalue weighted by Crippen LogP contribution is 2.28. The normalized spacial score (nSPS) is 18.0. The maximum atomic E-state index is 11.0. The van der Waals surface area contributed by atoms with Gasteiger partial charge in [-0.15, -0.1) is 0 Å². The molecule has 0 amide bonds. The highest BCUT2D eigenvalue weighted by Gasteiger charge is 2.26. The molecule has 1 aliphatic heterocycles. The Hall–Kier alpha value is -2.30. The summed E-state index contributed by atoms with van der Waals surface area (Å²) < 4.78 is 2.03. The van der Waals surface area contributed by atoms with Crippen molar-refractivity contribution in [1.82, 2.24) is 9.55 Å². The van der Waals surface area contributed by atoms with E-state index in [0.717, 1.165) is 17.1 Å². The molecule has 0 bridgehead atoms. The largest absolute Gasteiger partial charge is 0.481 e. The zero-order chi connectivity index (χ0) is 13.4. The molecule has 5 nitrogen and oxygen atoms in total. The predicted molar refractivity (Wildman–Crippen MR) is 71.5 cm³/mol. The molecule has 0 saturated carbocycles. The van der Waals surface area contributed by atoms with Crippen LogP contribution in [0, 0.1) is 5.92 Å². The third kappa shape index (κ3) is 2.07. The molecule has 1 atom stereocenters. The van der Waals surface area contributed by atoms with Gasteiger partial charge in [-0.3, -0.25) is 4.79 Å². The zero-order valence-electron chi connectivity index (χ0n) is 10.4. The highest BCUT2D eigenvalue weighted by atomic mass is 16.4. The third-order valence-corrected chi connectivity index (χ3v) is 3.59. The van der Waals surface area contributed by atoms with Crippen molar-refractivity contribution in [2.45, 2.75) is 19.4 Å². The molecule has 0 radical (unpaired) electrons. The lowest BCUT2D eigenvalue weighted by Crippen LogP contribution is -2.25. The van der Waals surface area contributed by atoms with Crippen LogP contribution in [0.1, 0.15) is 12.2 Å². The summed E-state index contributed by atoms with van der Waals surface area (Å²) in [6.45, 7) is 0.700. The van der Waals surface area contributed by atoms with E-state index in [1.165, 1.54) is 0 Å². The van der Waals surface area contributed by atoms with Gasteiger partial charge >= 0.3 is 5.97 Å². The molecule has 2 heterocycles. The van der Waals surface area contributed by atoms with Crippen LogP contribution in [0.5, 0.6) is 0 Å². The van der Waals surface area contributed by atoms with Crippen LogP contribution in [0.15, 0.2) is 30.5 Å². The van der Waals surface area contributed by atoms with E-state index in [2.05, 4.69) is 4.98 Å². The number of para-hydroxylation sites is 1. The second-order valence-electron chi connectivity index (χ2n) is 4.85. The molecule has 1 aliphatic rings. The highest BCUT2D eigenvalue weighted by molar-refractivity contribution is 5.74. The van der Waals surface area contributed by atoms with E-state index in [9.17, 15) is 4.79 Å². The summed E-state index contributed by atoms with van der Waals surface area (Å²) in [4.78, 5) is 15.6. The number of hydrogen-bond acceptors (Lipinski definition) is 3. The maximum Gasteiger partial charge on any atom is 0.307 e. The van der Waals surface area contributed by atoms with E-state index in [-0.39, 0.29) is 5.92 Å². The Bertz CT molecular complexity index is 633. The van der Waals surface area contributed by atoms with Crippen molar-refractivity contribution in [2.24, 2.45) is 5.92 Å². The van der Waals surface area contributed by atoms with Crippen LogP contribution in [-0.4, -0.2) is 20.6 Å². The van der Waals surface area contributed by atoms with Crippen molar-refractivity contribution < 1.29 is 9.90 Å². The van der Waals surface area contributed by atoms with E-state index in [1.807, 2.05) is 35.0 Å². The zero-order valence-corrected chi connectivity index (χ0v) is 10.4. The molecule has 1 aromatic heterocycles. The lowest BCUT2D eigenvalue weighted by Gasteiger charge is -2.19. The van der Waals surface area contributed by atoms with E-state index in [1.54, 1.807) is 0 Å². The van der Waals surface area contributed by atoms with Crippen LogP contribution in [-0.2, 0) is 17.8 Å². The molecule has 3 rings (SSSR count). The van der Waals surface area contributed by atoms with Crippen molar-refractivity contribution in [3.8, 4) is 11.3 Å². The summed E-state index contributed by atoms with van der Waals surface area (Å²) in [5.41, 5.74) is 8.35. The van der Waals surface area contributed by atoms with Gasteiger partial charge in [-0.05, 0) is 12.5 Å². The van der Waals surface area contributed by atoms with E-state index < -0.39 is 5.97 Å². The van der Waals surface area contributed by atoms with Crippen LogP contribution < -0.4 is 5.73 Å². The predicted octanol–water partition coefficient (Wildman–Crippen LogP) is 1.78. The van der Waals surface area contributed by atoms with E-state index >= 15 is 0 Å². The molecule has 2 aromatic rings. The summed E-state index contributed by atoms with van der Waals surface area (Å²) in [6, 6.07) is 7.57. The minimum Gasteiger partial charge on any atom is -0.481 e. The molecule has 98 valence electrons. The summed E-state index contributed by atoms with van der Waals surface area (Å²) in [7, 11) is 0. The Morgan fingerprint density at radius 1 is 1.42 bits per heavy atom. The number of nitrogens with two attached hydrogens (primary N) is 1. The van der Waals surface area contributed by atoms with Gasteiger partial charge in [0.15, 0.2) is 0 Å². The van der Waals surface area contributed by atoms with Gasteiger partial charge in [-0.25, -0.2) is 4.98 Å². The topological polar surface area (TPSA) is 81.1 Å². The van der Waals surface area contributed by atoms with Crippen molar-refractivity contribution in [2.75, 3.05) is 5.73 Å². The lowest BCUT2D eigenvalue weighted by atomic mass is 9.98. The Morgan fingerprint density at radius 2 is 2.21 bits per heavy atom. The van der Waals surface area contributed by atoms with Gasteiger partial charge < -0.3 is 15.4 Å². The number of nitrogens with zero attached hydrogens (tertiary/aromatic N) is 2. The fourth-order valence-electron chi connectivity index (χ4n) is 2.50. The van der Waals surface area contributed by atoms with Crippen molar-refractivity contribution in [3.63, 3.8) is 0 Å². The number of imidazole rings is 1. The summed E-state index contributed by atoms with van der Waals surface area (Å²) in [6.07, 6.45) is 3.10. The van der Waals surface area contributed by atoms with Crippen LogP contribution in [0.4, 0.5) is 5.69 Å². The molecule has 0 fully saturated rings. The second-order valence-corrected chi connectivity index (χ2v) is 4.85. The number of nitrogen functional groups attached to an aromatic ring is 1. The van der Waals surface area contributed by atoms with Crippen LogP contribution >= 0.6 is 0 Å². The number of carbonyl (C=O) groups is 1. The van der Waals surface area contributed by atoms with Gasteiger partial charge in [0.25, 0.3) is 0 Å². The minimum absolute atomic E-state index is 0.323. The number of rotatable bonds is 2.